The lowest BCUT2D eigenvalue weighted by Crippen LogP contribution is -2.45. The van der Waals surface area contributed by atoms with Crippen LogP contribution in [0.15, 0.2) is 54.6 Å². The van der Waals surface area contributed by atoms with E-state index in [9.17, 15) is 4.79 Å². The van der Waals surface area contributed by atoms with Gasteiger partial charge in [0.05, 0.1) is 11.0 Å². The molecule has 1 saturated carbocycles. The summed E-state index contributed by atoms with van der Waals surface area (Å²) in [5.74, 6) is 0.921. The number of carbonyl (C=O) groups is 1. The fourth-order valence-electron chi connectivity index (χ4n) is 3.93. The summed E-state index contributed by atoms with van der Waals surface area (Å²) < 4.78 is 0. The fraction of sp³-hybridized carbons (Fsp3) is 0.391. The van der Waals surface area contributed by atoms with Crippen molar-refractivity contribution in [2.45, 2.75) is 51.1 Å². The highest BCUT2D eigenvalue weighted by atomic mass is 16.2. The molecular formula is C23H28N4O. The van der Waals surface area contributed by atoms with Crippen molar-refractivity contribution in [2.24, 2.45) is 0 Å². The van der Waals surface area contributed by atoms with Gasteiger partial charge in [0.15, 0.2) is 0 Å². The number of urea groups is 1. The number of rotatable bonds is 6. The molecule has 5 nitrogen and oxygen atoms in total. The van der Waals surface area contributed by atoms with Crippen LogP contribution in [0.1, 0.15) is 43.5 Å². The van der Waals surface area contributed by atoms with Gasteiger partial charge in [-0.1, -0.05) is 61.7 Å². The standard InChI is InChI=1S/C23H28N4O/c28-23(24-19-11-5-2-6-12-19)27(17-18-9-3-1-4-10-18)16-15-22-25-20-13-7-8-14-21(20)26-22/h1,3-4,7-10,13-14,19H,2,5-6,11-12,15-17H2,(H,24,28)(H,25,26). The van der Waals surface area contributed by atoms with E-state index in [1.54, 1.807) is 0 Å². The largest absolute Gasteiger partial charge is 0.342 e. The number of para-hydroxylation sites is 2. The molecule has 1 aliphatic carbocycles. The van der Waals surface area contributed by atoms with Gasteiger partial charge in [-0.15, -0.1) is 0 Å². The molecule has 0 saturated heterocycles. The molecule has 2 aromatic carbocycles. The molecule has 4 rings (SSSR count). The number of imidazole rings is 1. The molecule has 0 aliphatic heterocycles. The number of fused-ring (bicyclic) bond motifs is 1. The minimum Gasteiger partial charge on any atom is -0.342 e. The first-order valence-electron chi connectivity index (χ1n) is 10.3. The molecule has 0 radical (unpaired) electrons. The molecule has 146 valence electrons. The highest BCUT2D eigenvalue weighted by molar-refractivity contribution is 5.75. The molecule has 0 atom stereocenters. The second-order valence-corrected chi connectivity index (χ2v) is 7.64. The van der Waals surface area contributed by atoms with E-state index in [0.29, 0.717) is 25.6 Å². The van der Waals surface area contributed by atoms with Crippen molar-refractivity contribution in [3.05, 3.63) is 66.0 Å². The lowest BCUT2D eigenvalue weighted by atomic mass is 9.96. The number of H-pyrrole nitrogens is 1. The number of aromatic amines is 1. The first kappa shape index (κ1) is 18.5. The average molecular weight is 377 g/mol. The summed E-state index contributed by atoms with van der Waals surface area (Å²) in [6.07, 6.45) is 6.60. The van der Waals surface area contributed by atoms with Crippen LogP contribution in [0.4, 0.5) is 4.79 Å². The van der Waals surface area contributed by atoms with E-state index in [-0.39, 0.29) is 6.03 Å². The Kier molecular flexibility index (Phi) is 5.90. The number of hydrogen-bond donors (Lipinski definition) is 2. The molecule has 0 unspecified atom stereocenters. The van der Waals surface area contributed by atoms with Crippen LogP contribution in [0, 0.1) is 0 Å². The average Bonchev–Trinajstić information content (AvgIpc) is 3.15. The second kappa shape index (κ2) is 8.91. The number of carbonyl (C=O) groups excluding carboxylic acids is 1. The monoisotopic (exact) mass is 376 g/mol. The smallest absolute Gasteiger partial charge is 0.317 e. The van der Waals surface area contributed by atoms with E-state index in [1.165, 1.54) is 19.3 Å². The van der Waals surface area contributed by atoms with Gasteiger partial charge in [-0.3, -0.25) is 0 Å². The quantitative estimate of drug-likeness (QED) is 0.658. The Balaban J connectivity index is 1.44. The number of aromatic nitrogens is 2. The van der Waals surface area contributed by atoms with E-state index < -0.39 is 0 Å². The van der Waals surface area contributed by atoms with Crippen LogP contribution < -0.4 is 5.32 Å². The molecule has 1 fully saturated rings. The molecule has 2 amide bonds. The SMILES string of the molecule is O=C(NC1CCCCC1)N(CCc1nc2ccccc2[nH]1)Cc1ccccc1. The van der Waals surface area contributed by atoms with Crippen LogP contribution in [0.5, 0.6) is 0 Å². The van der Waals surface area contributed by atoms with Gasteiger partial charge in [0, 0.05) is 25.6 Å². The van der Waals surface area contributed by atoms with Crippen LogP contribution in [-0.4, -0.2) is 33.5 Å². The van der Waals surface area contributed by atoms with Crippen molar-refractivity contribution >= 4 is 17.1 Å². The highest BCUT2D eigenvalue weighted by Gasteiger charge is 2.20. The first-order valence-corrected chi connectivity index (χ1v) is 10.3. The maximum absolute atomic E-state index is 13.0. The van der Waals surface area contributed by atoms with E-state index in [1.807, 2.05) is 47.4 Å². The van der Waals surface area contributed by atoms with Gasteiger partial charge in [-0.05, 0) is 30.5 Å². The van der Waals surface area contributed by atoms with Crippen molar-refractivity contribution in [1.29, 1.82) is 0 Å². The molecule has 5 heteroatoms. The minimum atomic E-state index is 0.0341. The molecular weight excluding hydrogens is 348 g/mol. The maximum Gasteiger partial charge on any atom is 0.317 e. The summed E-state index contributed by atoms with van der Waals surface area (Å²) in [5.41, 5.74) is 3.16. The predicted octanol–water partition coefficient (Wildman–Crippen LogP) is 4.65. The van der Waals surface area contributed by atoms with Crippen LogP contribution in [0.2, 0.25) is 0 Å². The Hall–Kier alpha value is -2.82. The summed E-state index contributed by atoms with van der Waals surface area (Å²) in [7, 11) is 0. The van der Waals surface area contributed by atoms with Gasteiger partial charge in [-0.2, -0.15) is 0 Å². The van der Waals surface area contributed by atoms with Gasteiger partial charge in [0.1, 0.15) is 5.82 Å². The van der Waals surface area contributed by atoms with E-state index in [2.05, 4.69) is 27.4 Å². The molecule has 28 heavy (non-hydrogen) atoms. The normalized spacial score (nSPS) is 14.9. The van der Waals surface area contributed by atoms with Crippen molar-refractivity contribution < 1.29 is 4.79 Å². The van der Waals surface area contributed by atoms with Crippen molar-refractivity contribution in [1.82, 2.24) is 20.2 Å². The third-order valence-electron chi connectivity index (χ3n) is 5.49. The molecule has 0 bridgehead atoms. The zero-order valence-corrected chi connectivity index (χ0v) is 16.2. The fourth-order valence-corrected chi connectivity index (χ4v) is 3.93. The lowest BCUT2D eigenvalue weighted by molar-refractivity contribution is 0.187. The van der Waals surface area contributed by atoms with Gasteiger partial charge < -0.3 is 15.2 Å². The number of benzene rings is 2. The van der Waals surface area contributed by atoms with Gasteiger partial charge in [0.2, 0.25) is 0 Å². The molecule has 2 N–H and O–H groups in total. The van der Waals surface area contributed by atoms with Gasteiger partial charge >= 0.3 is 6.03 Å². The molecule has 3 aromatic rings. The van der Waals surface area contributed by atoms with Crippen LogP contribution in [0.3, 0.4) is 0 Å². The number of nitrogens with zero attached hydrogens (tertiary/aromatic N) is 2. The Morgan fingerprint density at radius 2 is 1.79 bits per heavy atom. The van der Waals surface area contributed by atoms with Crippen molar-refractivity contribution in [3.63, 3.8) is 0 Å². The molecule has 1 heterocycles. The molecule has 0 spiro atoms. The van der Waals surface area contributed by atoms with Crippen molar-refractivity contribution in [3.8, 4) is 0 Å². The third kappa shape index (κ3) is 4.71. The number of hydrogen-bond acceptors (Lipinski definition) is 2. The number of nitrogens with one attached hydrogen (secondary N) is 2. The zero-order chi connectivity index (χ0) is 19.2. The maximum atomic E-state index is 13.0. The Bertz CT molecular complexity index is 866. The third-order valence-corrected chi connectivity index (χ3v) is 5.49. The summed E-state index contributed by atoms with van der Waals surface area (Å²) >= 11 is 0. The van der Waals surface area contributed by atoms with E-state index in [4.69, 9.17) is 0 Å². The van der Waals surface area contributed by atoms with E-state index in [0.717, 1.165) is 35.3 Å². The first-order chi connectivity index (χ1) is 13.8. The van der Waals surface area contributed by atoms with Crippen LogP contribution in [0.25, 0.3) is 11.0 Å². The van der Waals surface area contributed by atoms with E-state index >= 15 is 0 Å². The summed E-state index contributed by atoms with van der Waals surface area (Å²) in [4.78, 5) is 22.9. The van der Waals surface area contributed by atoms with Gasteiger partial charge in [0.25, 0.3) is 0 Å². The lowest BCUT2D eigenvalue weighted by Gasteiger charge is -2.28. The summed E-state index contributed by atoms with van der Waals surface area (Å²) in [6, 6.07) is 18.6. The summed E-state index contributed by atoms with van der Waals surface area (Å²) in [5, 5.41) is 3.26. The van der Waals surface area contributed by atoms with Crippen LogP contribution in [-0.2, 0) is 13.0 Å². The minimum absolute atomic E-state index is 0.0341. The predicted molar refractivity (Wildman–Crippen MR) is 112 cm³/mol. The second-order valence-electron chi connectivity index (χ2n) is 7.64. The Morgan fingerprint density at radius 1 is 1.04 bits per heavy atom. The van der Waals surface area contributed by atoms with Crippen molar-refractivity contribution in [2.75, 3.05) is 6.54 Å². The zero-order valence-electron chi connectivity index (χ0n) is 16.2. The topological polar surface area (TPSA) is 61.0 Å². The Morgan fingerprint density at radius 3 is 2.57 bits per heavy atom. The highest BCUT2D eigenvalue weighted by Crippen LogP contribution is 2.18. The molecule has 1 aromatic heterocycles. The Labute approximate surface area is 166 Å². The molecule has 1 aliphatic rings. The van der Waals surface area contributed by atoms with Crippen LogP contribution >= 0.6 is 0 Å². The summed E-state index contributed by atoms with van der Waals surface area (Å²) in [6.45, 7) is 1.24. The van der Waals surface area contributed by atoms with Gasteiger partial charge in [-0.25, -0.2) is 9.78 Å². The number of amides is 2.